The maximum atomic E-state index is 10.7. The van der Waals surface area contributed by atoms with Gasteiger partial charge in [-0.15, -0.1) is 0 Å². The molecular weight excluding hydrogens is 240 g/mol. The molecule has 0 saturated heterocycles. The Hall–Kier alpha value is -1.55. The average molecular weight is 262 g/mol. The molecule has 19 heavy (non-hydrogen) atoms. The molecule has 2 rings (SSSR count). The lowest BCUT2D eigenvalue weighted by atomic mass is 9.76. The summed E-state index contributed by atoms with van der Waals surface area (Å²) < 4.78 is 5.25. The normalized spacial score (nSPS) is 21.6. The van der Waals surface area contributed by atoms with Crippen molar-refractivity contribution < 1.29 is 9.53 Å². The molecule has 4 nitrogen and oxygen atoms in total. The lowest BCUT2D eigenvalue weighted by molar-refractivity contribution is -0.118. The highest BCUT2D eigenvalue weighted by Gasteiger charge is 2.29. The molecule has 0 spiro atoms. The molecule has 104 valence electrons. The first kappa shape index (κ1) is 13.9. The molecule has 1 aliphatic rings. The Bertz CT molecular complexity index is 428. The maximum Gasteiger partial charge on any atom is 0.216 e. The summed E-state index contributed by atoms with van der Waals surface area (Å²) in [5.74, 6) is 1.60. The van der Waals surface area contributed by atoms with Crippen molar-refractivity contribution in [3.8, 4) is 5.75 Å². The molecule has 0 atom stereocenters. The van der Waals surface area contributed by atoms with Gasteiger partial charge < -0.3 is 15.4 Å². The molecule has 1 fully saturated rings. The van der Waals surface area contributed by atoms with Crippen molar-refractivity contribution in [2.24, 2.45) is 0 Å². The van der Waals surface area contributed by atoms with Gasteiger partial charge in [0.1, 0.15) is 5.75 Å². The zero-order chi connectivity index (χ0) is 13.7. The van der Waals surface area contributed by atoms with E-state index in [4.69, 9.17) is 4.74 Å². The van der Waals surface area contributed by atoms with Crippen LogP contribution in [-0.4, -0.2) is 32.1 Å². The third-order valence-corrected chi connectivity index (χ3v) is 3.64. The van der Waals surface area contributed by atoms with Crippen LogP contribution >= 0.6 is 0 Å². The number of carbonyl (C=O) groups is 1. The monoisotopic (exact) mass is 262 g/mol. The van der Waals surface area contributed by atoms with E-state index in [1.54, 1.807) is 14.0 Å². The summed E-state index contributed by atoms with van der Waals surface area (Å²) in [6.07, 6.45) is 2.32. The van der Waals surface area contributed by atoms with Crippen molar-refractivity contribution >= 4 is 5.91 Å². The second-order valence-corrected chi connectivity index (χ2v) is 5.08. The van der Waals surface area contributed by atoms with E-state index in [0.717, 1.165) is 25.1 Å². The van der Waals surface area contributed by atoms with Crippen LogP contribution < -0.4 is 15.4 Å². The van der Waals surface area contributed by atoms with Gasteiger partial charge >= 0.3 is 0 Å². The maximum absolute atomic E-state index is 10.7. The Balaban J connectivity index is 1.69. The standard InChI is InChI=1S/C15H22N2O2/c1-11(18)16-6-7-17-14-8-13(9-14)12-4-3-5-15(10-12)19-2/h3-5,10,13-14,17H,6-9H2,1-2H3,(H,16,18). The Labute approximate surface area is 114 Å². The molecule has 0 radical (unpaired) electrons. The van der Waals surface area contributed by atoms with E-state index in [1.165, 1.54) is 5.56 Å². The molecule has 4 heteroatoms. The van der Waals surface area contributed by atoms with Crippen LogP contribution in [0.25, 0.3) is 0 Å². The highest BCUT2D eigenvalue weighted by atomic mass is 16.5. The Morgan fingerprint density at radius 2 is 2.16 bits per heavy atom. The second kappa shape index (κ2) is 6.57. The largest absolute Gasteiger partial charge is 0.497 e. The predicted octanol–water partition coefficient (Wildman–Crippen LogP) is 1.67. The van der Waals surface area contributed by atoms with Crippen LogP contribution in [0.3, 0.4) is 0 Å². The molecule has 1 amide bonds. The molecule has 0 bridgehead atoms. The van der Waals surface area contributed by atoms with E-state index in [-0.39, 0.29) is 5.91 Å². The van der Waals surface area contributed by atoms with Gasteiger partial charge in [0.2, 0.25) is 5.91 Å². The molecule has 2 N–H and O–H groups in total. The highest BCUT2D eigenvalue weighted by molar-refractivity contribution is 5.72. The van der Waals surface area contributed by atoms with Crippen molar-refractivity contribution in [2.45, 2.75) is 31.7 Å². The third kappa shape index (κ3) is 3.96. The summed E-state index contributed by atoms with van der Waals surface area (Å²) in [5, 5.41) is 6.25. The SMILES string of the molecule is COc1cccc(C2CC(NCCNC(C)=O)C2)c1. The van der Waals surface area contributed by atoms with E-state index in [1.807, 2.05) is 12.1 Å². The number of ether oxygens (including phenoxy) is 1. The first-order valence-corrected chi connectivity index (χ1v) is 6.81. The summed E-state index contributed by atoms with van der Waals surface area (Å²) >= 11 is 0. The van der Waals surface area contributed by atoms with Gasteiger partial charge in [0.25, 0.3) is 0 Å². The zero-order valence-electron chi connectivity index (χ0n) is 11.6. The number of amides is 1. The van der Waals surface area contributed by atoms with Gasteiger partial charge in [-0.05, 0) is 36.5 Å². The van der Waals surface area contributed by atoms with Crippen LogP contribution in [0.15, 0.2) is 24.3 Å². The van der Waals surface area contributed by atoms with Gasteiger partial charge in [0, 0.05) is 26.1 Å². The zero-order valence-corrected chi connectivity index (χ0v) is 11.6. The molecule has 1 aromatic rings. The number of carbonyl (C=O) groups excluding carboxylic acids is 1. The lowest BCUT2D eigenvalue weighted by Crippen LogP contribution is -2.43. The molecule has 0 aromatic heterocycles. The highest BCUT2D eigenvalue weighted by Crippen LogP contribution is 2.37. The van der Waals surface area contributed by atoms with Crippen LogP contribution in [0.2, 0.25) is 0 Å². The number of hydrogen-bond donors (Lipinski definition) is 2. The molecule has 1 saturated carbocycles. The fraction of sp³-hybridized carbons (Fsp3) is 0.533. The summed E-state index contributed by atoms with van der Waals surface area (Å²) in [5.41, 5.74) is 1.36. The lowest BCUT2D eigenvalue weighted by Gasteiger charge is -2.36. The van der Waals surface area contributed by atoms with Gasteiger partial charge in [0.15, 0.2) is 0 Å². The molecular formula is C15H22N2O2. The van der Waals surface area contributed by atoms with Gasteiger partial charge in [-0.2, -0.15) is 0 Å². The topological polar surface area (TPSA) is 50.4 Å². The number of benzene rings is 1. The van der Waals surface area contributed by atoms with Crippen molar-refractivity contribution in [1.82, 2.24) is 10.6 Å². The van der Waals surface area contributed by atoms with E-state index in [2.05, 4.69) is 22.8 Å². The van der Waals surface area contributed by atoms with Crippen molar-refractivity contribution in [3.05, 3.63) is 29.8 Å². The number of rotatable bonds is 6. The van der Waals surface area contributed by atoms with E-state index >= 15 is 0 Å². The van der Waals surface area contributed by atoms with E-state index in [9.17, 15) is 4.79 Å². The van der Waals surface area contributed by atoms with Gasteiger partial charge in [-0.25, -0.2) is 0 Å². The van der Waals surface area contributed by atoms with Crippen LogP contribution in [0.5, 0.6) is 5.75 Å². The minimum Gasteiger partial charge on any atom is -0.497 e. The number of hydrogen-bond acceptors (Lipinski definition) is 3. The van der Waals surface area contributed by atoms with Crippen LogP contribution in [0.1, 0.15) is 31.2 Å². The first-order chi connectivity index (χ1) is 9.19. The first-order valence-electron chi connectivity index (χ1n) is 6.81. The van der Waals surface area contributed by atoms with Crippen molar-refractivity contribution in [2.75, 3.05) is 20.2 Å². The molecule has 0 heterocycles. The Morgan fingerprint density at radius 3 is 2.84 bits per heavy atom. The fourth-order valence-corrected chi connectivity index (χ4v) is 2.47. The van der Waals surface area contributed by atoms with Crippen LogP contribution in [0, 0.1) is 0 Å². The van der Waals surface area contributed by atoms with E-state index in [0.29, 0.717) is 18.5 Å². The van der Waals surface area contributed by atoms with Crippen molar-refractivity contribution in [1.29, 1.82) is 0 Å². The van der Waals surface area contributed by atoms with E-state index < -0.39 is 0 Å². The van der Waals surface area contributed by atoms with Crippen molar-refractivity contribution in [3.63, 3.8) is 0 Å². The minimum absolute atomic E-state index is 0.0321. The summed E-state index contributed by atoms with van der Waals surface area (Å²) in [6.45, 7) is 3.09. The average Bonchev–Trinajstić information content (AvgIpc) is 2.36. The molecule has 0 aliphatic heterocycles. The minimum atomic E-state index is 0.0321. The van der Waals surface area contributed by atoms with Gasteiger partial charge in [-0.3, -0.25) is 4.79 Å². The smallest absolute Gasteiger partial charge is 0.216 e. The summed E-state index contributed by atoms with van der Waals surface area (Å²) in [7, 11) is 1.70. The quantitative estimate of drug-likeness (QED) is 0.767. The summed E-state index contributed by atoms with van der Waals surface area (Å²) in [4.78, 5) is 10.7. The van der Waals surface area contributed by atoms with Gasteiger partial charge in [0.05, 0.1) is 7.11 Å². The third-order valence-electron chi connectivity index (χ3n) is 3.64. The fourth-order valence-electron chi connectivity index (χ4n) is 2.47. The number of nitrogens with one attached hydrogen (secondary N) is 2. The Kier molecular flexibility index (Phi) is 4.80. The van der Waals surface area contributed by atoms with Crippen LogP contribution in [-0.2, 0) is 4.79 Å². The molecule has 0 unspecified atom stereocenters. The predicted molar refractivity (Wildman–Crippen MR) is 75.4 cm³/mol. The van der Waals surface area contributed by atoms with Crippen LogP contribution in [0.4, 0.5) is 0 Å². The number of methoxy groups -OCH3 is 1. The Morgan fingerprint density at radius 1 is 1.37 bits per heavy atom. The second-order valence-electron chi connectivity index (χ2n) is 5.08. The molecule has 1 aromatic carbocycles. The van der Waals surface area contributed by atoms with Gasteiger partial charge in [-0.1, -0.05) is 12.1 Å². The summed E-state index contributed by atoms with van der Waals surface area (Å²) in [6, 6.07) is 8.89. The molecule has 1 aliphatic carbocycles.